The Morgan fingerprint density at radius 1 is 1.05 bits per heavy atom. The summed E-state index contributed by atoms with van der Waals surface area (Å²) in [5, 5.41) is 7.83. The van der Waals surface area contributed by atoms with E-state index in [-0.39, 0.29) is 5.91 Å². The molecule has 6 heteroatoms. The maximum atomic E-state index is 12.1. The first-order valence-corrected chi connectivity index (χ1v) is 6.68. The zero-order valence-corrected chi connectivity index (χ0v) is 12.8. The van der Waals surface area contributed by atoms with Gasteiger partial charge >= 0.3 is 0 Å². The van der Waals surface area contributed by atoms with Gasteiger partial charge in [0.2, 0.25) is 5.91 Å². The fourth-order valence-corrected chi connectivity index (χ4v) is 2.18. The molecule has 0 bridgehead atoms. The Hall–Kier alpha value is -2.37. The monoisotopic (exact) mass is 289 g/mol. The summed E-state index contributed by atoms with van der Waals surface area (Å²) in [6, 6.07) is 0. The van der Waals surface area contributed by atoms with Gasteiger partial charge in [-0.2, -0.15) is 0 Å². The lowest BCUT2D eigenvalue weighted by Crippen LogP contribution is -2.29. The Labute approximate surface area is 123 Å². The van der Waals surface area contributed by atoms with Crippen molar-refractivity contribution in [3.05, 3.63) is 46.7 Å². The van der Waals surface area contributed by atoms with Gasteiger partial charge in [-0.05, 0) is 33.8 Å². The third-order valence-corrected chi connectivity index (χ3v) is 3.55. The minimum Gasteiger partial charge on any atom is -0.361 e. The van der Waals surface area contributed by atoms with E-state index in [2.05, 4.69) is 16.9 Å². The number of hydrogen-bond donors (Lipinski definition) is 0. The van der Waals surface area contributed by atoms with Gasteiger partial charge in [0.1, 0.15) is 11.5 Å². The van der Waals surface area contributed by atoms with Crippen LogP contribution in [0.3, 0.4) is 0 Å². The molecule has 0 aliphatic heterocycles. The van der Waals surface area contributed by atoms with E-state index < -0.39 is 0 Å². The Morgan fingerprint density at radius 2 is 1.48 bits per heavy atom. The fraction of sp³-hybridized carbons (Fsp3) is 0.400. The molecule has 2 aromatic rings. The number of carbonyl (C=O) groups is 1. The molecule has 0 saturated heterocycles. The minimum atomic E-state index is -0.157. The van der Waals surface area contributed by atoms with Crippen molar-refractivity contribution in [1.29, 1.82) is 0 Å². The largest absolute Gasteiger partial charge is 0.361 e. The Balaban J connectivity index is 2.28. The molecule has 2 aromatic heterocycles. The zero-order valence-electron chi connectivity index (χ0n) is 12.8. The second-order valence-electron chi connectivity index (χ2n) is 5.00. The Morgan fingerprint density at radius 3 is 1.76 bits per heavy atom. The molecule has 21 heavy (non-hydrogen) atoms. The lowest BCUT2D eigenvalue weighted by atomic mass is 10.1. The molecule has 0 aliphatic carbocycles. The first kappa shape index (κ1) is 15.0. The van der Waals surface area contributed by atoms with Crippen LogP contribution in [0.2, 0.25) is 0 Å². The van der Waals surface area contributed by atoms with Gasteiger partial charge in [-0.25, -0.2) is 0 Å². The van der Waals surface area contributed by atoms with Crippen molar-refractivity contribution >= 4 is 5.91 Å². The van der Waals surface area contributed by atoms with E-state index in [4.69, 9.17) is 9.05 Å². The molecule has 6 nitrogen and oxygen atoms in total. The third-order valence-electron chi connectivity index (χ3n) is 3.55. The number of rotatable bonds is 5. The molecule has 2 rings (SSSR count). The van der Waals surface area contributed by atoms with Crippen LogP contribution in [0.4, 0.5) is 0 Å². The smallest absolute Gasteiger partial charge is 0.246 e. The lowest BCUT2D eigenvalue weighted by molar-refractivity contribution is -0.127. The lowest BCUT2D eigenvalue weighted by Gasteiger charge is -2.21. The molecule has 0 fully saturated rings. The molecule has 0 atom stereocenters. The maximum Gasteiger partial charge on any atom is 0.246 e. The summed E-state index contributed by atoms with van der Waals surface area (Å²) in [4.78, 5) is 13.8. The summed E-state index contributed by atoms with van der Waals surface area (Å²) in [6.07, 6.45) is 1.30. The van der Waals surface area contributed by atoms with Crippen molar-refractivity contribution in [2.45, 2.75) is 40.8 Å². The molecule has 0 aromatic carbocycles. The van der Waals surface area contributed by atoms with Gasteiger partial charge in [0.25, 0.3) is 0 Å². The van der Waals surface area contributed by atoms with Crippen LogP contribution < -0.4 is 0 Å². The molecule has 1 amide bonds. The molecule has 2 heterocycles. The van der Waals surface area contributed by atoms with E-state index in [0.717, 1.165) is 22.5 Å². The summed E-state index contributed by atoms with van der Waals surface area (Å²) in [7, 11) is 0. The number of carbonyl (C=O) groups excluding carboxylic acids is 1. The van der Waals surface area contributed by atoms with Crippen LogP contribution in [0.5, 0.6) is 0 Å². The highest BCUT2D eigenvalue weighted by Crippen LogP contribution is 2.20. The standard InChI is InChI=1S/C15H19N3O3/c1-6-15(19)18(7-13-9(2)16-20-11(13)4)8-14-10(3)17-21-12(14)5/h6H,1,7-8H2,2-5H3. The van der Waals surface area contributed by atoms with E-state index in [0.29, 0.717) is 24.6 Å². The van der Waals surface area contributed by atoms with Crippen LogP contribution in [0.1, 0.15) is 34.0 Å². The molecule has 0 radical (unpaired) electrons. The molecule has 0 aliphatic rings. The highest BCUT2D eigenvalue weighted by Gasteiger charge is 2.20. The van der Waals surface area contributed by atoms with Crippen LogP contribution in [-0.4, -0.2) is 21.1 Å². The average Bonchev–Trinajstić information content (AvgIpc) is 2.94. The van der Waals surface area contributed by atoms with Gasteiger partial charge in [-0.3, -0.25) is 4.79 Å². The van der Waals surface area contributed by atoms with Crippen molar-refractivity contribution in [3.63, 3.8) is 0 Å². The van der Waals surface area contributed by atoms with Crippen LogP contribution in [0.25, 0.3) is 0 Å². The number of nitrogens with zero attached hydrogens (tertiary/aromatic N) is 3. The third kappa shape index (κ3) is 3.04. The number of aryl methyl sites for hydroxylation is 4. The van der Waals surface area contributed by atoms with Gasteiger partial charge in [0.15, 0.2) is 0 Å². The molecule has 0 spiro atoms. The zero-order chi connectivity index (χ0) is 15.6. The van der Waals surface area contributed by atoms with Crippen LogP contribution in [0.15, 0.2) is 21.7 Å². The normalized spacial score (nSPS) is 10.7. The molecular formula is C15H19N3O3. The maximum absolute atomic E-state index is 12.1. The highest BCUT2D eigenvalue weighted by atomic mass is 16.5. The van der Waals surface area contributed by atoms with E-state index in [1.807, 2.05) is 27.7 Å². The van der Waals surface area contributed by atoms with Gasteiger partial charge in [-0.1, -0.05) is 16.9 Å². The molecule has 112 valence electrons. The number of amides is 1. The number of hydrogen-bond acceptors (Lipinski definition) is 5. The Kier molecular flexibility index (Phi) is 4.26. The van der Waals surface area contributed by atoms with Crippen molar-refractivity contribution in [2.75, 3.05) is 0 Å². The van der Waals surface area contributed by atoms with Crippen molar-refractivity contribution in [3.8, 4) is 0 Å². The van der Waals surface area contributed by atoms with Crippen LogP contribution in [-0.2, 0) is 17.9 Å². The Bertz CT molecular complexity index is 583. The predicted molar refractivity (Wildman–Crippen MR) is 76.4 cm³/mol. The summed E-state index contributed by atoms with van der Waals surface area (Å²) >= 11 is 0. The molecule has 0 N–H and O–H groups in total. The van der Waals surface area contributed by atoms with Crippen molar-refractivity contribution in [2.24, 2.45) is 0 Å². The van der Waals surface area contributed by atoms with Crippen LogP contribution >= 0.6 is 0 Å². The van der Waals surface area contributed by atoms with E-state index >= 15 is 0 Å². The van der Waals surface area contributed by atoms with E-state index in [1.165, 1.54) is 6.08 Å². The summed E-state index contributed by atoms with van der Waals surface area (Å²) < 4.78 is 10.3. The summed E-state index contributed by atoms with van der Waals surface area (Å²) in [6.45, 7) is 11.8. The van der Waals surface area contributed by atoms with Gasteiger partial charge in [0, 0.05) is 11.1 Å². The SMILES string of the molecule is C=CC(=O)N(Cc1c(C)noc1C)Cc1c(C)noc1C. The molecule has 0 unspecified atom stereocenters. The highest BCUT2D eigenvalue weighted by molar-refractivity contribution is 5.87. The quantitative estimate of drug-likeness (QED) is 0.791. The van der Waals surface area contributed by atoms with Crippen molar-refractivity contribution < 1.29 is 13.8 Å². The van der Waals surface area contributed by atoms with Gasteiger partial charge < -0.3 is 13.9 Å². The predicted octanol–water partition coefficient (Wildman–Crippen LogP) is 2.61. The van der Waals surface area contributed by atoms with Crippen LogP contribution in [0, 0.1) is 27.7 Å². The topological polar surface area (TPSA) is 72.4 Å². The van der Waals surface area contributed by atoms with Crippen molar-refractivity contribution in [1.82, 2.24) is 15.2 Å². The van der Waals surface area contributed by atoms with Gasteiger partial charge in [-0.15, -0.1) is 0 Å². The average molecular weight is 289 g/mol. The van der Waals surface area contributed by atoms with E-state index in [1.54, 1.807) is 4.90 Å². The fourth-order valence-electron chi connectivity index (χ4n) is 2.18. The second-order valence-corrected chi connectivity index (χ2v) is 5.00. The summed E-state index contributed by atoms with van der Waals surface area (Å²) in [5.41, 5.74) is 3.40. The molecule has 0 saturated carbocycles. The minimum absolute atomic E-state index is 0.157. The second kappa shape index (κ2) is 5.95. The molecular weight excluding hydrogens is 270 g/mol. The first-order chi connectivity index (χ1) is 9.93. The first-order valence-electron chi connectivity index (χ1n) is 6.68. The summed E-state index contributed by atoms with van der Waals surface area (Å²) in [5.74, 6) is 1.27. The number of aromatic nitrogens is 2. The van der Waals surface area contributed by atoms with E-state index in [9.17, 15) is 4.79 Å². The van der Waals surface area contributed by atoms with Gasteiger partial charge in [0.05, 0.1) is 24.5 Å².